The van der Waals surface area contributed by atoms with E-state index in [0.29, 0.717) is 22.9 Å². The van der Waals surface area contributed by atoms with Crippen molar-refractivity contribution in [2.45, 2.75) is 30.8 Å². The van der Waals surface area contributed by atoms with Gasteiger partial charge in [0.05, 0.1) is 0 Å². The molecule has 0 amide bonds. The molecule has 21 heavy (non-hydrogen) atoms. The van der Waals surface area contributed by atoms with Crippen molar-refractivity contribution in [3.8, 4) is 0 Å². The number of hydrogen-bond donors (Lipinski definition) is 1. The Morgan fingerprint density at radius 1 is 1.52 bits per heavy atom. The van der Waals surface area contributed by atoms with Gasteiger partial charge in [-0.05, 0) is 13.8 Å². The summed E-state index contributed by atoms with van der Waals surface area (Å²) in [4.78, 5) is 30.6. The Hall–Kier alpha value is -2.02. The molecule has 0 saturated carbocycles. The monoisotopic (exact) mass is 306 g/mol. The first-order valence-electron chi connectivity index (χ1n) is 6.48. The zero-order valence-electron chi connectivity index (χ0n) is 12.3. The fourth-order valence-corrected chi connectivity index (χ4v) is 2.79. The molecule has 0 fully saturated rings. The standard InChI is InChI=1S/C14H18N4O2S/c1-6-9(4)21-14-15-11-10(18(14)7-8(2)3)12(19)16-13(20)17(11)5/h6,9H,1-2,7H2,3-5H3,(H,16,19,20)/t9-/m0/s1. The van der Waals surface area contributed by atoms with Crippen molar-refractivity contribution in [1.29, 1.82) is 0 Å². The predicted molar refractivity (Wildman–Crippen MR) is 85.9 cm³/mol. The molecule has 7 heteroatoms. The maximum Gasteiger partial charge on any atom is 0.329 e. The first-order valence-corrected chi connectivity index (χ1v) is 7.36. The average molecular weight is 306 g/mol. The molecule has 0 radical (unpaired) electrons. The van der Waals surface area contributed by atoms with Crippen LogP contribution in [0.1, 0.15) is 13.8 Å². The van der Waals surface area contributed by atoms with Crippen molar-refractivity contribution < 1.29 is 0 Å². The van der Waals surface area contributed by atoms with E-state index >= 15 is 0 Å². The van der Waals surface area contributed by atoms with Gasteiger partial charge in [0.25, 0.3) is 5.56 Å². The van der Waals surface area contributed by atoms with Crippen LogP contribution in [0.15, 0.2) is 39.6 Å². The minimum atomic E-state index is -0.471. The van der Waals surface area contributed by atoms with E-state index in [0.717, 1.165) is 5.57 Å². The number of fused-ring (bicyclic) bond motifs is 1. The highest BCUT2D eigenvalue weighted by atomic mass is 32.2. The first-order chi connectivity index (χ1) is 9.85. The molecule has 0 aromatic carbocycles. The minimum Gasteiger partial charge on any atom is -0.309 e. The third-order valence-electron chi connectivity index (χ3n) is 3.02. The molecule has 2 aromatic rings. The first kappa shape index (κ1) is 15.4. The van der Waals surface area contributed by atoms with Crippen molar-refractivity contribution in [3.05, 3.63) is 45.6 Å². The number of thioether (sulfide) groups is 1. The van der Waals surface area contributed by atoms with Crippen molar-refractivity contribution in [3.63, 3.8) is 0 Å². The van der Waals surface area contributed by atoms with Crippen molar-refractivity contribution in [2.75, 3.05) is 0 Å². The van der Waals surface area contributed by atoms with E-state index in [1.807, 2.05) is 13.8 Å². The minimum absolute atomic E-state index is 0.141. The molecule has 2 heterocycles. The third-order valence-corrected chi connectivity index (χ3v) is 4.11. The van der Waals surface area contributed by atoms with Gasteiger partial charge in [0, 0.05) is 18.8 Å². The van der Waals surface area contributed by atoms with Crippen LogP contribution in [0.25, 0.3) is 11.2 Å². The molecule has 112 valence electrons. The topological polar surface area (TPSA) is 72.7 Å². The molecule has 0 aliphatic rings. The van der Waals surface area contributed by atoms with Gasteiger partial charge in [-0.15, -0.1) is 6.58 Å². The number of imidazole rings is 1. The summed E-state index contributed by atoms with van der Waals surface area (Å²) in [6, 6.07) is 0. The number of H-pyrrole nitrogens is 1. The molecule has 0 spiro atoms. The molecule has 0 aliphatic carbocycles. The Morgan fingerprint density at radius 3 is 2.76 bits per heavy atom. The van der Waals surface area contributed by atoms with Crippen LogP contribution in [-0.2, 0) is 13.6 Å². The van der Waals surface area contributed by atoms with Crippen LogP contribution < -0.4 is 11.2 Å². The number of nitrogens with zero attached hydrogens (tertiary/aromatic N) is 3. The summed E-state index contributed by atoms with van der Waals surface area (Å²) in [5, 5.41) is 0.814. The number of nitrogens with one attached hydrogen (secondary N) is 1. The summed E-state index contributed by atoms with van der Waals surface area (Å²) in [6.07, 6.45) is 1.80. The Labute approximate surface area is 126 Å². The lowest BCUT2D eigenvalue weighted by molar-refractivity contribution is 0.718. The van der Waals surface area contributed by atoms with Gasteiger partial charge in [-0.1, -0.05) is 30.0 Å². The Kier molecular flexibility index (Phi) is 4.22. The summed E-state index contributed by atoms with van der Waals surface area (Å²) in [5.41, 5.74) is 0.763. The zero-order chi connectivity index (χ0) is 15.7. The molecule has 0 aliphatic heterocycles. The summed E-state index contributed by atoms with van der Waals surface area (Å²) in [6.45, 7) is 12.0. The zero-order valence-corrected chi connectivity index (χ0v) is 13.2. The van der Waals surface area contributed by atoms with Gasteiger partial charge >= 0.3 is 5.69 Å². The van der Waals surface area contributed by atoms with E-state index in [-0.39, 0.29) is 5.25 Å². The van der Waals surface area contributed by atoms with Gasteiger partial charge in [0.15, 0.2) is 16.3 Å². The molecular weight excluding hydrogens is 288 g/mol. The normalized spacial score (nSPS) is 12.5. The van der Waals surface area contributed by atoms with Gasteiger partial charge in [0.2, 0.25) is 0 Å². The van der Waals surface area contributed by atoms with E-state index in [4.69, 9.17) is 0 Å². The Morgan fingerprint density at radius 2 is 2.19 bits per heavy atom. The fourth-order valence-electron chi connectivity index (χ4n) is 1.94. The van der Waals surface area contributed by atoms with Crippen LogP contribution >= 0.6 is 11.8 Å². The number of allylic oxidation sites excluding steroid dienone is 1. The van der Waals surface area contributed by atoms with Crippen LogP contribution in [0.5, 0.6) is 0 Å². The van der Waals surface area contributed by atoms with Crippen LogP contribution in [0, 0.1) is 0 Å². The van der Waals surface area contributed by atoms with Crippen LogP contribution in [-0.4, -0.2) is 24.4 Å². The number of rotatable bonds is 5. The molecule has 1 atom stereocenters. The highest BCUT2D eigenvalue weighted by Gasteiger charge is 2.18. The van der Waals surface area contributed by atoms with Crippen molar-refractivity contribution >= 4 is 22.9 Å². The number of aromatic nitrogens is 4. The second kappa shape index (κ2) is 5.77. The third kappa shape index (κ3) is 2.87. The summed E-state index contributed by atoms with van der Waals surface area (Å²) in [7, 11) is 1.59. The van der Waals surface area contributed by atoms with Gasteiger partial charge in [-0.3, -0.25) is 14.3 Å². The lowest BCUT2D eigenvalue weighted by Gasteiger charge is -2.09. The Balaban J connectivity index is 2.78. The summed E-state index contributed by atoms with van der Waals surface area (Å²) >= 11 is 1.49. The van der Waals surface area contributed by atoms with Crippen LogP contribution in [0.3, 0.4) is 0 Å². The van der Waals surface area contributed by atoms with Crippen molar-refractivity contribution in [1.82, 2.24) is 19.1 Å². The van der Waals surface area contributed by atoms with E-state index in [1.54, 1.807) is 17.7 Å². The second-order valence-corrected chi connectivity index (χ2v) is 6.33. The molecule has 6 nitrogen and oxygen atoms in total. The van der Waals surface area contributed by atoms with E-state index < -0.39 is 11.2 Å². The van der Waals surface area contributed by atoms with E-state index in [9.17, 15) is 9.59 Å². The van der Waals surface area contributed by atoms with E-state index in [2.05, 4.69) is 23.1 Å². The molecule has 2 rings (SSSR count). The number of hydrogen-bond acceptors (Lipinski definition) is 4. The molecule has 0 unspecified atom stereocenters. The quantitative estimate of drug-likeness (QED) is 0.673. The molecular formula is C14H18N4O2S. The summed E-state index contributed by atoms with van der Waals surface area (Å²) in [5.74, 6) is 0. The SMILES string of the molecule is C=C[C@H](C)Sc1nc2c(c(=O)[nH]c(=O)n2C)n1CC(=C)C. The maximum atomic E-state index is 12.1. The fraction of sp³-hybridized carbons (Fsp3) is 0.357. The summed E-state index contributed by atoms with van der Waals surface area (Å²) < 4.78 is 3.13. The van der Waals surface area contributed by atoms with Gasteiger partial charge < -0.3 is 4.57 Å². The number of aromatic amines is 1. The molecule has 2 aromatic heterocycles. The molecule has 0 bridgehead atoms. The van der Waals surface area contributed by atoms with Gasteiger partial charge in [-0.2, -0.15) is 0 Å². The highest BCUT2D eigenvalue weighted by molar-refractivity contribution is 7.99. The molecule has 1 N–H and O–H groups in total. The second-order valence-electron chi connectivity index (χ2n) is 4.99. The van der Waals surface area contributed by atoms with E-state index in [1.165, 1.54) is 16.3 Å². The van der Waals surface area contributed by atoms with Crippen LogP contribution in [0.2, 0.25) is 0 Å². The number of aryl methyl sites for hydroxylation is 1. The Bertz CT molecular complexity index is 828. The lowest BCUT2D eigenvalue weighted by atomic mass is 10.3. The lowest BCUT2D eigenvalue weighted by Crippen LogP contribution is -2.29. The maximum absolute atomic E-state index is 12.1. The largest absolute Gasteiger partial charge is 0.329 e. The molecule has 0 saturated heterocycles. The van der Waals surface area contributed by atoms with Crippen LogP contribution in [0.4, 0.5) is 0 Å². The average Bonchev–Trinajstić information content (AvgIpc) is 2.74. The van der Waals surface area contributed by atoms with Gasteiger partial charge in [-0.25, -0.2) is 9.78 Å². The predicted octanol–water partition coefficient (Wildman–Crippen LogP) is 1.67. The van der Waals surface area contributed by atoms with Gasteiger partial charge in [0.1, 0.15) is 0 Å². The highest BCUT2D eigenvalue weighted by Crippen LogP contribution is 2.26. The van der Waals surface area contributed by atoms with Crippen molar-refractivity contribution in [2.24, 2.45) is 7.05 Å². The smallest absolute Gasteiger partial charge is 0.309 e.